The van der Waals surface area contributed by atoms with Crippen molar-refractivity contribution in [3.8, 4) is 0 Å². The standard InChI is InChI=1S/C16H22F3N5/c1-10-13(11(2)22-21-10)8-23(3)6-12-4-5-15-20-14(16(17,18)19)9-24(15)7-12/h9,12H,4-8H2,1-3H3,(H,21,22)/t12-/m1/s1. The minimum absolute atomic E-state index is 0.324. The Morgan fingerprint density at radius 3 is 2.75 bits per heavy atom. The maximum absolute atomic E-state index is 12.8. The second-order valence-corrected chi connectivity index (χ2v) is 6.71. The van der Waals surface area contributed by atoms with Gasteiger partial charge in [-0.15, -0.1) is 0 Å². The molecule has 0 amide bonds. The highest BCUT2D eigenvalue weighted by molar-refractivity contribution is 5.22. The van der Waals surface area contributed by atoms with Crippen LogP contribution >= 0.6 is 0 Å². The maximum atomic E-state index is 12.8. The minimum Gasteiger partial charge on any atom is -0.334 e. The molecule has 0 unspecified atom stereocenters. The van der Waals surface area contributed by atoms with Crippen molar-refractivity contribution < 1.29 is 13.2 Å². The molecule has 132 valence electrons. The van der Waals surface area contributed by atoms with Crippen molar-refractivity contribution in [1.29, 1.82) is 0 Å². The molecular formula is C16H22F3N5. The second kappa shape index (κ2) is 6.23. The average molecular weight is 341 g/mol. The van der Waals surface area contributed by atoms with Crippen LogP contribution in [0.25, 0.3) is 0 Å². The summed E-state index contributed by atoms with van der Waals surface area (Å²) in [5.41, 5.74) is 2.47. The first-order valence-corrected chi connectivity index (χ1v) is 8.06. The molecule has 1 aliphatic heterocycles. The number of fused-ring (bicyclic) bond motifs is 1. The first kappa shape index (κ1) is 17.0. The van der Waals surface area contributed by atoms with Crippen LogP contribution in [0.15, 0.2) is 6.20 Å². The molecule has 1 atom stereocenters. The molecule has 2 aromatic rings. The van der Waals surface area contributed by atoms with E-state index >= 15 is 0 Å². The van der Waals surface area contributed by atoms with Crippen molar-refractivity contribution in [2.24, 2.45) is 5.92 Å². The number of hydrogen-bond donors (Lipinski definition) is 1. The van der Waals surface area contributed by atoms with E-state index in [-0.39, 0.29) is 0 Å². The first-order valence-electron chi connectivity index (χ1n) is 8.06. The molecule has 0 spiro atoms. The van der Waals surface area contributed by atoms with Crippen LogP contribution in [-0.2, 0) is 25.7 Å². The highest BCUT2D eigenvalue weighted by atomic mass is 19.4. The van der Waals surface area contributed by atoms with Crippen LogP contribution in [-0.4, -0.2) is 38.2 Å². The van der Waals surface area contributed by atoms with Crippen molar-refractivity contribution in [2.75, 3.05) is 13.6 Å². The molecule has 0 saturated carbocycles. The highest BCUT2D eigenvalue weighted by Crippen LogP contribution is 2.30. The maximum Gasteiger partial charge on any atom is 0.434 e. The van der Waals surface area contributed by atoms with E-state index in [0.717, 1.165) is 37.1 Å². The van der Waals surface area contributed by atoms with Crippen molar-refractivity contribution in [3.05, 3.63) is 34.7 Å². The number of alkyl halides is 3. The van der Waals surface area contributed by atoms with Crippen LogP contribution in [0.4, 0.5) is 13.2 Å². The fourth-order valence-corrected chi connectivity index (χ4v) is 3.38. The largest absolute Gasteiger partial charge is 0.434 e. The molecule has 5 nitrogen and oxygen atoms in total. The van der Waals surface area contributed by atoms with Crippen LogP contribution in [0.5, 0.6) is 0 Å². The zero-order valence-electron chi connectivity index (χ0n) is 14.1. The lowest BCUT2D eigenvalue weighted by Gasteiger charge is -2.28. The number of nitrogens with zero attached hydrogens (tertiary/aromatic N) is 4. The summed E-state index contributed by atoms with van der Waals surface area (Å²) in [7, 11) is 2.04. The van der Waals surface area contributed by atoms with Gasteiger partial charge in [-0.25, -0.2) is 4.98 Å². The fraction of sp³-hybridized carbons (Fsp3) is 0.625. The predicted molar refractivity (Wildman–Crippen MR) is 83.4 cm³/mol. The quantitative estimate of drug-likeness (QED) is 0.930. The molecule has 3 heterocycles. The van der Waals surface area contributed by atoms with Gasteiger partial charge >= 0.3 is 6.18 Å². The van der Waals surface area contributed by atoms with Crippen LogP contribution < -0.4 is 0 Å². The molecule has 24 heavy (non-hydrogen) atoms. The molecule has 1 N–H and O–H groups in total. The summed E-state index contributed by atoms with van der Waals surface area (Å²) in [5, 5.41) is 7.18. The number of aromatic amines is 1. The molecule has 0 aliphatic carbocycles. The van der Waals surface area contributed by atoms with E-state index in [4.69, 9.17) is 0 Å². The van der Waals surface area contributed by atoms with Gasteiger partial charge in [0, 0.05) is 43.5 Å². The summed E-state index contributed by atoms with van der Waals surface area (Å²) in [6.07, 6.45) is -1.76. The van der Waals surface area contributed by atoms with Crippen LogP contribution in [0.2, 0.25) is 0 Å². The van der Waals surface area contributed by atoms with Gasteiger partial charge in [-0.1, -0.05) is 0 Å². The Hall–Kier alpha value is -1.83. The molecule has 0 bridgehead atoms. The number of hydrogen-bond acceptors (Lipinski definition) is 3. The predicted octanol–water partition coefficient (Wildman–Crippen LogP) is 2.94. The van der Waals surface area contributed by atoms with Crippen molar-refractivity contribution in [3.63, 3.8) is 0 Å². The van der Waals surface area contributed by atoms with E-state index in [1.165, 1.54) is 5.56 Å². The van der Waals surface area contributed by atoms with Gasteiger partial charge in [-0.3, -0.25) is 5.10 Å². The van der Waals surface area contributed by atoms with Gasteiger partial charge in [0.1, 0.15) is 5.82 Å². The monoisotopic (exact) mass is 341 g/mol. The Kier molecular flexibility index (Phi) is 4.42. The first-order chi connectivity index (χ1) is 11.2. The number of aromatic nitrogens is 4. The number of halogens is 3. The zero-order chi connectivity index (χ0) is 17.5. The number of H-pyrrole nitrogens is 1. The number of imidazole rings is 1. The van der Waals surface area contributed by atoms with Gasteiger partial charge < -0.3 is 9.47 Å². The molecule has 0 saturated heterocycles. The summed E-state index contributed by atoms with van der Waals surface area (Å²) >= 11 is 0. The van der Waals surface area contributed by atoms with E-state index in [0.29, 0.717) is 24.7 Å². The third-order valence-corrected chi connectivity index (χ3v) is 4.66. The lowest BCUT2D eigenvalue weighted by molar-refractivity contribution is -0.141. The summed E-state index contributed by atoms with van der Waals surface area (Å²) in [6.45, 7) is 6.19. The second-order valence-electron chi connectivity index (χ2n) is 6.71. The summed E-state index contributed by atoms with van der Waals surface area (Å²) in [6, 6.07) is 0. The van der Waals surface area contributed by atoms with Crippen LogP contribution in [0.3, 0.4) is 0 Å². The summed E-state index contributed by atoms with van der Waals surface area (Å²) < 4.78 is 40.0. The number of aryl methyl sites for hydroxylation is 3. The Balaban J connectivity index is 1.62. The van der Waals surface area contributed by atoms with Gasteiger partial charge in [0.15, 0.2) is 5.69 Å². The lowest BCUT2D eigenvalue weighted by Crippen LogP contribution is -2.31. The lowest BCUT2D eigenvalue weighted by atomic mass is 9.98. The van der Waals surface area contributed by atoms with E-state index in [1.54, 1.807) is 4.57 Å². The molecule has 2 aromatic heterocycles. The molecule has 0 aromatic carbocycles. The smallest absolute Gasteiger partial charge is 0.334 e. The topological polar surface area (TPSA) is 49.7 Å². The van der Waals surface area contributed by atoms with Crippen molar-refractivity contribution in [1.82, 2.24) is 24.6 Å². The van der Waals surface area contributed by atoms with E-state index in [9.17, 15) is 13.2 Å². The molecule has 0 fully saturated rings. The summed E-state index contributed by atoms with van der Waals surface area (Å²) in [5.74, 6) is 0.869. The molecular weight excluding hydrogens is 319 g/mol. The van der Waals surface area contributed by atoms with E-state index in [1.807, 2.05) is 20.9 Å². The highest BCUT2D eigenvalue weighted by Gasteiger charge is 2.35. The third-order valence-electron chi connectivity index (χ3n) is 4.66. The van der Waals surface area contributed by atoms with Crippen LogP contribution in [0, 0.1) is 19.8 Å². The van der Waals surface area contributed by atoms with Gasteiger partial charge in [-0.05, 0) is 33.2 Å². The molecule has 1 aliphatic rings. The fourth-order valence-electron chi connectivity index (χ4n) is 3.38. The summed E-state index contributed by atoms with van der Waals surface area (Å²) in [4.78, 5) is 5.94. The van der Waals surface area contributed by atoms with E-state index in [2.05, 4.69) is 20.1 Å². The van der Waals surface area contributed by atoms with Crippen LogP contribution in [0.1, 0.15) is 34.9 Å². The zero-order valence-corrected chi connectivity index (χ0v) is 14.1. The Bertz CT molecular complexity index is 696. The van der Waals surface area contributed by atoms with Gasteiger partial charge in [-0.2, -0.15) is 18.3 Å². The molecule has 0 radical (unpaired) electrons. The molecule has 3 rings (SSSR count). The number of nitrogens with one attached hydrogen (secondary N) is 1. The Labute approximate surface area is 138 Å². The van der Waals surface area contributed by atoms with Gasteiger partial charge in [0.05, 0.1) is 5.69 Å². The third kappa shape index (κ3) is 3.48. The van der Waals surface area contributed by atoms with E-state index < -0.39 is 11.9 Å². The normalized spacial score (nSPS) is 18.2. The van der Waals surface area contributed by atoms with Crippen molar-refractivity contribution >= 4 is 0 Å². The van der Waals surface area contributed by atoms with Gasteiger partial charge in [0.2, 0.25) is 0 Å². The average Bonchev–Trinajstić information content (AvgIpc) is 3.05. The van der Waals surface area contributed by atoms with Gasteiger partial charge in [0.25, 0.3) is 0 Å². The Morgan fingerprint density at radius 1 is 1.38 bits per heavy atom. The minimum atomic E-state index is -4.37. The number of rotatable bonds is 4. The SMILES string of the molecule is Cc1n[nH]c(C)c1CN(C)C[C@H]1CCc2nc(C(F)(F)F)cn2C1. The Morgan fingerprint density at radius 2 is 2.12 bits per heavy atom. The van der Waals surface area contributed by atoms with Crippen molar-refractivity contribution in [2.45, 2.75) is 46.0 Å². The molecule has 8 heteroatoms.